The summed E-state index contributed by atoms with van der Waals surface area (Å²) < 4.78 is 1.80. The zero-order chi connectivity index (χ0) is 11.5. The van der Waals surface area contributed by atoms with E-state index in [0.717, 1.165) is 17.0 Å². The van der Waals surface area contributed by atoms with E-state index in [9.17, 15) is 0 Å². The first-order chi connectivity index (χ1) is 7.72. The highest BCUT2D eigenvalue weighted by Crippen LogP contribution is 2.19. The Morgan fingerprint density at radius 1 is 1.25 bits per heavy atom. The van der Waals surface area contributed by atoms with E-state index in [2.05, 4.69) is 15.5 Å². The summed E-state index contributed by atoms with van der Waals surface area (Å²) in [7, 11) is 0. The second kappa shape index (κ2) is 4.40. The highest BCUT2D eigenvalue weighted by molar-refractivity contribution is 5.55. The molecule has 0 radical (unpaired) electrons. The Morgan fingerprint density at radius 2 is 1.94 bits per heavy atom. The molecule has 0 bridgehead atoms. The van der Waals surface area contributed by atoms with Crippen LogP contribution in [0.1, 0.15) is 25.5 Å². The third-order valence-electron chi connectivity index (χ3n) is 2.43. The van der Waals surface area contributed by atoms with Crippen molar-refractivity contribution < 1.29 is 0 Å². The van der Waals surface area contributed by atoms with Gasteiger partial charge in [-0.15, -0.1) is 5.10 Å². The summed E-state index contributed by atoms with van der Waals surface area (Å²) in [6, 6.07) is 8.22. The summed E-state index contributed by atoms with van der Waals surface area (Å²) in [5.41, 5.74) is 7.67. The fraction of sp³-hybridized carbons (Fsp3) is 0.364. The Bertz CT molecular complexity index is 457. The molecule has 2 rings (SSSR count). The minimum Gasteiger partial charge on any atom is -0.326 e. The molecule has 0 aliphatic rings. The lowest BCUT2D eigenvalue weighted by Gasteiger charge is -2.07. The first-order valence-corrected chi connectivity index (χ1v) is 5.29. The number of rotatable bonds is 3. The van der Waals surface area contributed by atoms with E-state index in [0.29, 0.717) is 6.54 Å². The molecule has 5 heteroatoms. The zero-order valence-electron chi connectivity index (χ0n) is 9.46. The molecule has 5 nitrogen and oxygen atoms in total. The largest absolute Gasteiger partial charge is 0.326 e. The van der Waals surface area contributed by atoms with E-state index in [4.69, 9.17) is 5.73 Å². The van der Waals surface area contributed by atoms with Crippen LogP contribution in [0.25, 0.3) is 11.4 Å². The number of hydrogen-bond acceptors (Lipinski definition) is 4. The number of hydrogen-bond donors (Lipinski definition) is 1. The topological polar surface area (TPSA) is 69.6 Å². The summed E-state index contributed by atoms with van der Waals surface area (Å²) >= 11 is 0. The molecule has 0 aliphatic heterocycles. The first-order valence-electron chi connectivity index (χ1n) is 5.29. The van der Waals surface area contributed by atoms with Crippen LogP contribution in [0.2, 0.25) is 0 Å². The Hall–Kier alpha value is -1.75. The van der Waals surface area contributed by atoms with Gasteiger partial charge in [-0.3, -0.25) is 0 Å². The van der Waals surface area contributed by atoms with Crippen LogP contribution < -0.4 is 5.73 Å². The van der Waals surface area contributed by atoms with Crippen LogP contribution >= 0.6 is 0 Å². The molecule has 2 aromatic rings. The van der Waals surface area contributed by atoms with Crippen molar-refractivity contribution >= 4 is 0 Å². The third-order valence-corrected chi connectivity index (χ3v) is 2.43. The molecule has 0 saturated heterocycles. The van der Waals surface area contributed by atoms with Crippen LogP contribution in [-0.2, 0) is 6.54 Å². The van der Waals surface area contributed by atoms with Gasteiger partial charge in [0.05, 0.1) is 6.04 Å². The van der Waals surface area contributed by atoms with Crippen LogP contribution in [0.4, 0.5) is 0 Å². The SMILES string of the molecule is CC(C)n1nnnc1-c1ccc(CN)cc1. The van der Waals surface area contributed by atoms with Gasteiger partial charge in [-0.25, -0.2) is 4.68 Å². The lowest BCUT2D eigenvalue weighted by Crippen LogP contribution is -2.05. The molecule has 0 fully saturated rings. The maximum absolute atomic E-state index is 5.55. The van der Waals surface area contributed by atoms with Gasteiger partial charge in [-0.1, -0.05) is 24.3 Å². The number of aromatic nitrogens is 4. The number of nitrogens with zero attached hydrogens (tertiary/aromatic N) is 4. The lowest BCUT2D eigenvalue weighted by molar-refractivity contribution is 0.519. The molecule has 0 atom stereocenters. The van der Waals surface area contributed by atoms with Crippen LogP contribution in [0.3, 0.4) is 0 Å². The Morgan fingerprint density at radius 3 is 2.50 bits per heavy atom. The molecule has 2 N–H and O–H groups in total. The van der Waals surface area contributed by atoms with Crippen molar-refractivity contribution in [1.82, 2.24) is 20.2 Å². The standard InChI is InChI=1S/C11H15N5/c1-8(2)16-11(13-14-15-16)10-5-3-9(7-12)4-6-10/h3-6,8H,7,12H2,1-2H3. The molecule has 0 unspecified atom stereocenters. The van der Waals surface area contributed by atoms with E-state index in [-0.39, 0.29) is 6.04 Å². The molecular weight excluding hydrogens is 202 g/mol. The van der Waals surface area contributed by atoms with Gasteiger partial charge in [-0.05, 0) is 29.8 Å². The Labute approximate surface area is 94.3 Å². The van der Waals surface area contributed by atoms with Gasteiger partial charge < -0.3 is 5.73 Å². The second-order valence-electron chi connectivity index (χ2n) is 3.94. The second-order valence-corrected chi connectivity index (χ2v) is 3.94. The quantitative estimate of drug-likeness (QED) is 0.843. The summed E-state index contributed by atoms with van der Waals surface area (Å²) in [6.45, 7) is 4.65. The van der Waals surface area contributed by atoms with Gasteiger partial charge in [-0.2, -0.15) is 0 Å². The monoisotopic (exact) mass is 217 g/mol. The minimum atomic E-state index is 0.249. The van der Waals surface area contributed by atoms with Gasteiger partial charge in [0.15, 0.2) is 5.82 Å². The number of tetrazole rings is 1. The highest BCUT2D eigenvalue weighted by atomic mass is 15.5. The fourth-order valence-corrected chi connectivity index (χ4v) is 1.52. The first kappa shape index (κ1) is 10.8. The molecule has 0 spiro atoms. The van der Waals surface area contributed by atoms with E-state index in [1.165, 1.54) is 0 Å². The van der Waals surface area contributed by atoms with E-state index < -0.39 is 0 Å². The van der Waals surface area contributed by atoms with Crippen molar-refractivity contribution in [2.45, 2.75) is 26.4 Å². The molecule has 0 saturated carbocycles. The maximum Gasteiger partial charge on any atom is 0.182 e. The van der Waals surface area contributed by atoms with Gasteiger partial charge in [0.2, 0.25) is 0 Å². The molecular formula is C11H15N5. The highest BCUT2D eigenvalue weighted by Gasteiger charge is 2.10. The predicted molar refractivity (Wildman–Crippen MR) is 61.5 cm³/mol. The molecule has 16 heavy (non-hydrogen) atoms. The van der Waals surface area contributed by atoms with E-state index >= 15 is 0 Å². The van der Waals surface area contributed by atoms with Gasteiger partial charge in [0.1, 0.15) is 0 Å². The van der Waals surface area contributed by atoms with Crippen LogP contribution in [0.5, 0.6) is 0 Å². The third kappa shape index (κ3) is 1.94. The van der Waals surface area contributed by atoms with Crippen molar-refractivity contribution in [3.8, 4) is 11.4 Å². The van der Waals surface area contributed by atoms with Crippen LogP contribution in [0, 0.1) is 0 Å². The average Bonchev–Trinajstić information content (AvgIpc) is 2.78. The van der Waals surface area contributed by atoms with Gasteiger partial charge in [0, 0.05) is 12.1 Å². The van der Waals surface area contributed by atoms with Crippen molar-refractivity contribution in [2.75, 3.05) is 0 Å². The van der Waals surface area contributed by atoms with E-state index in [1.807, 2.05) is 38.1 Å². The van der Waals surface area contributed by atoms with Crippen LogP contribution in [0.15, 0.2) is 24.3 Å². The summed E-state index contributed by atoms with van der Waals surface area (Å²) in [6.07, 6.45) is 0. The Kier molecular flexibility index (Phi) is 2.96. The lowest BCUT2D eigenvalue weighted by atomic mass is 10.1. The fourth-order valence-electron chi connectivity index (χ4n) is 1.52. The van der Waals surface area contributed by atoms with Gasteiger partial charge in [0.25, 0.3) is 0 Å². The summed E-state index contributed by atoms with van der Waals surface area (Å²) in [5.74, 6) is 0.790. The van der Waals surface area contributed by atoms with Crippen molar-refractivity contribution in [2.24, 2.45) is 5.73 Å². The molecule has 1 aromatic carbocycles. The van der Waals surface area contributed by atoms with Crippen molar-refractivity contribution in [3.05, 3.63) is 29.8 Å². The van der Waals surface area contributed by atoms with E-state index in [1.54, 1.807) is 4.68 Å². The predicted octanol–water partition coefficient (Wildman–Crippen LogP) is 1.38. The van der Waals surface area contributed by atoms with Crippen molar-refractivity contribution in [3.63, 3.8) is 0 Å². The number of nitrogens with two attached hydrogens (primary N) is 1. The van der Waals surface area contributed by atoms with Crippen molar-refractivity contribution in [1.29, 1.82) is 0 Å². The normalized spacial score (nSPS) is 11.0. The summed E-state index contributed by atoms with van der Waals surface area (Å²) in [5, 5.41) is 11.7. The molecule has 0 aliphatic carbocycles. The smallest absolute Gasteiger partial charge is 0.182 e. The van der Waals surface area contributed by atoms with Crippen LogP contribution in [-0.4, -0.2) is 20.2 Å². The average molecular weight is 217 g/mol. The summed E-state index contributed by atoms with van der Waals surface area (Å²) in [4.78, 5) is 0. The molecule has 0 amide bonds. The number of benzene rings is 1. The Balaban J connectivity index is 2.38. The molecule has 1 aromatic heterocycles. The minimum absolute atomic E-state index is 0.249. The molecule has 84 valence electrons. The molecule has 1 heterocycles. The van der Waals surface area contributed by atoms with Gasteiger partial charge >= 0.3 is 0 Å². The zero-order valence-corrected chi connectivity index (χ0v) is 9.46. The maximum atomic E-state index is 5.55.